The molecule has 0 atom stereocenters. The number of carbonyl (C=O) groups excluding carboxylic acids is 2. The van der Waals surface area contributed by atoms with Crippen molar-refractivity contribution in [3.05, 3.63) is 42.4 Å². The number of hydrogen-bond donors (Lipinski definition) is 1. The van der Waals surface area contributed by atoms with E-state index in [1.54, 1.807) is 6.20 Å². The van der Waals surface area contributed by atoms with E-state index >= 15 is 0 Å². The zero-order valence-electron chi connectivity index (χ0n) is 19.8. The van der Waals surface area contributed by atoms with Crippen molar-refractivity contribution >= 4 is 11.8 Å². The van der Waals surface area contributed by atoms with Crippen LogP contribution in [0.2, 0.25) is 0 Å². The molecule has 7 heteroatoms. The molecule has 1 saturated heterocycles. The Hall–Kier alpha value is -2.67. The number of hydrogen-bond acceptors (Lipinski definition) is 5. The Bertz CT molecular complexity index is 884. The van der Waals surface area contributed by atoms with Crippen LogP contribution in [0, 0.1) is 11.3 Å². The Labute approximate surface area is 191 Å². The van der Waals surface area contributed by atoms with E-state index < -0.39 is 0 Å². The number of likely N-dealkylation sites (tertiary alicyclic amines) is 1. The van der Waals surface area contributed by atoms with Gasteiger partial charge in [0.1, 0.15) is 0 Å². The predicted molar refractivity (Wildman–Crippen MR) is 125 cm³/mol. The van der Waals surface area contributed by atoms with Crippen molar-refractivity contribution < 1.29 is 14.0 Å². The summed E-state index contributed by atoms with van der Waals surface area (Å²) in [5.41, 5.74) is 0.999. The summed E-state index contributed by atoms with van der Waals surface area (Å²) in [6.45, 7) is 7.13. The number of carbonyl (C=O) groups is 2. The summed E-state index contributed by atoms with van der Waals surface area (Å²) in [7, 11) is 4.08. The van der Waals surface area contributed by atoms with Crippen LogP contribution in [-0.4, -0.2) is 66.9 Å². The van der Waals surface area contributed by atoms with Crippen LogP contribution < -0.4 is 5.32 Å². The van der Waals surface area contributed by atoms with E-state index in [2.05, 4.69) is 29.0 Å². The molecule has 1 N–H and O–H groups in total. The maximum atomic E-state index is 12.6. The van der Waals surface area contributed by atoms with Crippen LogP contribution >= 0.6 is 0 Å². The number of benzene rings is 1. The molecule has 1 aliphatic heterocycles. The van der Waals surface area contributed by atoms with Crippen LogP contribution in [0.25, 0.3) is 11.3 Å². The van der Waals surface area contributed by atoms with Crippen LogP contribution in [0.15, 0.2) is 40.9 Å². The zero-order chi connectivity index (χ0) is 23.1. The number of piperidine rings is 1. The summed E-state index contributed by atoms with van der Waals surface area (Å²) in [6, 6.07) is 9.81. The van der Waals surface area contributed by atoms with E-state index in [0.29, 0.717) is 57.0 Å². The first-order valence-corrected chi connectivity index (χ1v) is 11.4. The summed E-state index contributed by atoms with van der Waals surface area (Å²) in [6.07, 6.45) is 3.97. The second-order valence-electron chi connectivity index (χ2n) is 9.76. The smallest absolute Gasteiger partial charge is 0.223 e. The third-order valence-electron chi connectivity index (χ3n) is 5.87. The Morgan fingerprint density at radius 2 is 1.88 bits per heavy atom. The SMILES string of the molecule is CN(C)CC(C)(C)CNC(=O)C1CCN(C(=O)CCc2ncc(-c3ccccc3)o2)CC1. The van der Waals surface area contributed by atoms with Crippen LogP contribution in [0.3, 0.4) is 0 Å². The van der Waals surface area contributed by atoms with Gasteiger partial charge in [-0.3, -0.25) is 9.59 Å². The lowest BCUT2D eigenvalue weighted by molar-refractivity contribution is -0.135. The first kappa shape index (κ1) is 24.0. The highest BCUT2D eigenvalue weighted by molar-refractivity contribution is 5.80. The van der Waals surface area contributed by atoms with Gasteiger partial charge in [0, 0.05) is 50.5 Å². The van der Waals surface area contributed by atoms with Crippen molar-refractivity contribution in [2.24, 2.45) is 11.3 Å². The zero-order valence-corrected chi connectivity index (χ0v) is 19.8. The highest BCUT2D eigenvalue weighted by Crippen LogP contribution is 2.22. The normalized spacial score (nSPS) is 15.2. The lowest BCUT2D eigenvalue weighted by atomic mass is 9.91. The molecule has 0 saturated carbocycles. The second-order valence-corrected chi connectivity index (χ2v) is 9.76. The summed E-state index contributed by atoms with van der Waals surface area (Å²) in [5.74, 6) is 1.47. The second kappa shape index (κ2) is 10.8. The molecule has 1 fully saturated rings. The van der Waals surface area contributed by atoms with E-state index in [1.165, 1.54) is 0 Å². The molecule has 1 aliphatic rings. The molecule has 1 aromatic heterocycles. The van der Waals surface area contributed by atoms with E-state index in [4.69, 9.17) is 4.42 Å². The number of rotatable bonds is 9. The quantitative estimate of drug-likeness (QED) is 0.648. The van der Waals surface area contributed by atoms with Crippen molar-refractivity contribution in [1.82, 2.24) is 20.1 Å². The van der Waals surface area contributed by atoms with E-state index in [0.717, 1.165) is 12.1 Å². The third-order valence-corrected chi connectivity index (χ3v) is 5.87. The lowest BCUT2D eigenvalue weighted by Gasteiger charge is -2.33. The van der Waals surface area contributed by atoms with Gasteiger partial charge < -0.3 is 19.5 Å². The summed E-state index contributed by atoms with van der Waals surface area (Å²) in [4.78, 5) is 33.5. The largest absolute Gasteiger partial charge is 0.441 e. The maximum Gasteiger partial charge on any atom is 0.223 e. The molecular weight excluding hydrogens is 404 g/mol. The van der Waals surface area contributed by atoms with Gasteiger partial charge in [0.05, 0.1) is 6.20 Å². The van der Waals surface area contributed by atoms with Gasteiger partial charge in [-0.15, -0.1) is 0 Å². The number of nitrogens with zero attached hydrogens (tertiary/aromatic N) is 3. The highest BCUT2D eigenvalue weighted by atomic mass is 16.4. The fourth-order valence-corrected chi connectivity index (χ4v) is 4.31. The van der Waals surface area contributed by atoms with Gasteiger partial charge in [-0.1, -0.05) is 44.2 Å². The average Bonchev–Trinajstić information content (AvgIpc) is 3.25. The molecule has 0 unspecified atom stereocenters. The van der Waals surface area contributed by atoms with Gasteiger partial charge in [-0.25, -0.2) is 4.98 Å². The molecule has 3 rings (SSSR count). The van der Waals surface area contributed by atoms with Gasteiger partial charge in [-0.2, -0.15) is 0 Å². The molecule has 7 nitrogen and oxygen atoms in total. The van der Waals surface area contributed by atoms with Crippen LogP contribution in [0.1, 0.15) is 39.0 Å². The highest BCUT2D eigenvalue weighted by Gasteiger charge is 2.28. The van der Waals surface area contributed by atoms with Crippen molar-refractivity contribution in [3.8, 4) is 11.3 Å². The van der Waals surface area contributed by atoms with E-state index in [1.807, 2.05) is 49.3 Å². The average molecular weight is 441 g/mol. The Morgan fingerprint density at radius 3 is 2.53 bits per heavy atom. The van der Waals surface area contributed by atoms with Gasteiger partial charge in [0.2, 0.25) is 11.8 Å². The molecule has 0 aliphatic carbocycles. The molecule has 0 bridgehead atoms. The summed E-state index contributed by atoms with van der Waals surface area (Å²) in [5, 5.41) is 3.11. The number of aromatic nitrogens is 1. The molecule has 32 heavy (non-hydrogen) atoms. The maximum absolute atomic E-state index is 12.6. The number of amides is 2. The molecule has 2 heterocycles. The third kappa shape index (κ3) is 6.92. The molecule has 1 aromatic carbocycles. The fraction of sp³-hybridized carbons (Fsp3) is 0.560. The molecule has 2 amide bonds. The van der Waals surface area contributed by atoms with Crippen molar-refractivity contribution in [1.29, 1.82) is 0 Å². The van der Waals surface area contributed by atoms with Crippen LogP contribution in [-0.2, 0) is 16.0 Å². The minimum atomic E-state index is -0.0191. The van der Waals surface area contributed by atoms with Gasteiger partial charge in [0.25, 0.3) is 0 Å². The van der Waals surface area contributed by atoms with Crippen molar-refractivity contribution in [2.75, 3.05) is 40.3 Å². The predicted octanol–water partition coefficient (Wildman–Crippen LogP) is 3.22. The monoisotopic (exact) mass is 440 g/mol. The first-order chi connectivity index (χ1) is 15.2. The minimum absolute atomic E-state index is 0.0191. The van der Waals surface area contributed by atoms with Crippen LogP contribution in [0.5, 0.6) is 0 Å². The molecule has 174 valence electrons. The standard InChI is InChI=1S/C25H36N4O3/c1-25(2,18-28(3)4)17-27-24(31)20-12-14-29(15-13-20)23(30)11-10-22-26-16-21(32-22)19-8-6-5-7-9-19/h5-9,16,20H,10-15,17-18H2,1-4H3,(H,27,31). The lowest BCUT2D eigenvalue weighted by Crippen LogP contribution is -2.46. The van der Waals surface area contributed by atoms with Gasteiger partial charge >= 0.3 is 0 Å². The van der Waals surface area contributed by atoms with E-state index in [-0.39, 0.29) is 23.1 Å². The topological polar surface area (TPSA) is 78.7 Å². The fourth-order valence-electron chi connectivity index (χ4n) is 4.31. The van der Waals surface area contributed by atoms with E-state index in [9.17, 15) is 9.59 Å². The Kier molecular flexibility index (Phi) is 8.07. The minimum Gasteiger partial charge on any atom is -0.441 e. The molecule has 0 spiro atoms. The van der Waals surface area contributed by atoms with Crippen LogP contribution in [0.4, 0.5) is 0 Å². The molecular formula is C25H36N4O3. The molecule has 2 aromatic rings. The van der Waals surface area contributed by atoms with Crippen molar-refractivity contribution in [2.45, 2.75) is 39.5 Å². The first-order valence-electron chi connectivity index (χ1n) is 11.4. The molecule has 0 radical (unpaired) electrons. The summed E-state index contributed by atoms with van der Waals surface area (Å²) >= 11 is 0. The van der Waals surface area contributed by atoms with Gasteiger partial charge in [-0.05, 0) is 32.4 Å². The van der Waals surface area contributed by atoms with Gasteiger partial charge in [0.15, 0.2) is 11.7 Å². The number of oxazole rings is 1. The Balaban J connectivity index is 1.40. The number of aryl methyl sites for hydroxylation is 1. The Morgan fingerprint density at radius 1 is 1.19 bits per heavy atom. The van der Waals surface area contributed by atoms with Crippen molar-refractivity contribution in [3.63, 3.8) is 0 Å². The number of nitrogens with one attached hydrogen (secondary N) is 1. The summed E-state index contributed by atoms with van der Waals surface area (Å²) < 4.78 is 5.80.